The highest BCUT2D eigenvalue weighted by Crippen LogP contribution is 2.49. The van der Waals surface area contributed by atoms with Crippen molar-refractivity contribution in [2.45, 2.75) is 70.6 Å². The number of halogens is 9. The largest absolute Gasteiger partial charge is 0.454 e. The highest BCUT2D eigenvalue weighted by Gasteiger charge is 2.45. The molecule has 19 heteroatoms. The van der Waals surface area contributed by atoms with Gasteiger partial charge in [-0.2, -0.15) is 36.3 Å². The second-order valence-corrected chi connectivity index (χ2v) is 13.0. The van der Waals surface area contributed by atoms with Crippen LogP contribution < -0.4 is 15.0 Å². The molecular formula is C29H27Cl2F7N6O4. The Bertz CT molecular complexity index is 1770. The summed E-state index contributed by atoms with van der Waals surface area (Å²) in [5.41, 5.74) is -5.50. The van der Waals surface area contributed by atoms with E-state index in [-0.39, 0.29) is 30.0 Å². The number of piperazine rings is 1. The number of aromatic nitrogens is 3. The number of pyridine rings is 1. The van der Waals surface area contributed by atoms with Crippen LogP contribution in [0.5, 0.6) is 6.01 Å². The number of alkyl halides is 6. The third-order valence-electron chi connectivity index (χ3n) is 7.44. The van der Waals surface area contributed by atoms with E-state index in [9.17, 15) is 35.9 Å². The minimum atomic E-state index is -5.20. The third-order valence-corrected chi connectivity index (χ3v) is 8.13. The first-order chi connectivity index (χ1) is 22.1. The number of hydrogen-bond donors (Lipinski definition) is 1. The fraction of sp³-hybridized carbons (Fsp3) is 0.483. The fourth-order valence-electron chi connectivity index (χ4n) is 5.74. The van der Waals surface area contributed by atoms with Crippen molar-refractivity contribution in [2.75, 3.05) is 29.9 Å². The molecule has 2 amide bonds. The minimum absolute atomic E-state index is 0.0996. The molecule has 0 aliphatic carbocycles. The van der Waals surface area contributed by atoms with Crippen LogP contribution in [0, 0.1) is 5.82 Å². The molecule has 0 spiro atoms. The van der Waals surface area contributed by atoms with Crippen LogP contribution in [-0.2, 0) is 15.7 Å². The number of nitrogens with one attached hydrogen (secondary N) is 1. The van der Waals surface area contributed by atoms with Crippen molar-refractivity contribution in [3.05, 3.63) is 33.7 Å². The second kappa shape index (κ2) is 12.5. The maximum Gasteiger partial charge on any atom is 0.422 e. The van der Waals surface area contributed by atoms with E-state index in [4.69, 9.17) is 32.7 Å². The normalized spacial score (nSPS) is 18.4. The number of ether oxygens (including phenoxy) is 2. The van der Waals surface area contributed by atoms with Gasteiger partial charge in [0.15, 0.2) is 12.4 Å². The van der Waals surface area contributed by atoms with Crippen molar-refractivity contribution >= 4 is 57.6 Å². The molecule has 0 radical (unpaired) electrons. The van der Waals surface area contributed by atoms with Gasteiger partial charge in [-0.1, -0.05) is 23.2 Å². The zero-order valence-electron chi connectivity index (χ0n) is 25.6. The summed E-state index contributed by atoms with van der Waals surface area (Å²) in [7, 11) is 0. The van der Waals surface area contributed by atoms with Crippen LogP contribution in [0.2, 0.25) is 10.0 Å². The van der Waals surface area contributed by atoms with E-state index in [1.54, 1.807) is 30.6 Å². The third kappa shape index (κ3) is 7.26. The molecule has 2 bridgehead atoms. The van der Waals surface area contributed by atoms with Gasteiger partial charge in [-0.25, -0.2) is 9.18 Å². The van der Waals surface area contributed by atoms with Crippen molar-refractivity contribution in [3.8, 4) is 17.3 Å². The number of benzene rings is 1. The van der Waals surface area contributed by atoms with Crippen LogP contribution in [0.25, 0.3) is 22.2 Å². The summed E-state index contributed by atoms with van der Waals surface area (Å²) in [5, 5.41) is 0.348. The molecule has 48 heavy (non-hydrogen) atoms. The van der Waals surface area contributed by atoms with Crippen molar-refractivity contribution in [2.24, 2.45) is 0 Å². The topological polar surface area (TPSA) is 110 Å². The van der Waals surface area contributed by atoms with Crippen molar-refractivity contribution in [3.63, 3.8) is 0 Å². The predicted molar refractivity (Wildman–Crippen MR) is 161 cm³/mol. The van der Waals surface area contributed by atoms with Gasteiger partial charge in [-0.3, -0.25) is 14.7 Å². The monoisotopic (exact) mass is 726 g/mol. The molecule has 2 aromatic heterocycles. The molecule has 2 unspecified atom stereocenters. The summed E-state index contributed by atoms with van der Waals surface area (Å²) in [4.78, 5) is 39.7. The number of rotatable bonds is 5. The minimum Gasteiger partial charge on any atom is -0.454 e. The quantitative estimate of drug-likeness (QED) is 0.267. The molecule has 260 valence electrons. The molecule has 2 aliphatic rings. The average Bonchev–Trinajstić information content (AvgIpc) is 3.21. The number of anilines is 2. The van der Waals surface area contributed by atoms with E-state index in [0.29, 0.717) is 12.8 Å². The summed E-state index contributed by atoms with van der Waals surface area (Å²) < 4.78 is 109. The molecule has 5 rings (SSSR count). The maximum absolute atomic E-state index is 16.4. The Balaban J connectivity index is 1.66. The highest BCUT2D eigenvalue weighted by molar-refractivity contribution is 6.39. The van der Waals surface area contributed by atoms with Crippen LogP contribution in [-0.4, -0.2) is 75.4 Å². The molecule has 2 atom stereocenters. The number of carbonyl (C=O) groups excluding carboxylic acids is 2. The summed E-state index contributed by atoms with van der Waals surface area (Å²) in [6.45, 7) is 4.53. The molecule has 0 saturated carbocycles. The number of hydrogen-bond acceptors (Lipinski definition) is 8. The molecular weight excluding hydrogens is 700 g/mol. The Morgan fingerprint density at radius 1 is 1.04 bits per heavy atom. The van der Waals surface area contributed by atoms with Gasteiger partial charge < -0.3 is 19.7 Å². The molecule has 1 aromatic carbocycles. The highest BCUT2D eigenvalue weighted by atomic mass is 35.5. The Labute approximate surface area is 278 Å². The lowest BCUT2D eigenvalue weighted by Crippen LogP contribution is -2.57. The van der Waals surface area contributed by atoms with E-state index >= 15 is 4.39 Å². The molecule has 3 aromatic rings. The van der Waals surface area contributed by atoms with Gasteiger partial charge in [0.05, 0.1) is 38.8 Å². The van der Waals surface area contributed by atoms with Crippen LogP contribution in [0.15, 0.2) is 12.3 Å². The predicted octanol–water partition coefficient (Wildman–Crippen LogP) is 7.64. The number of fused-ring (bicyclic) bond motifs is 3. The van der Waals surface area contributed by atoms with Crippen LogP contribution in [0.3, 0.4) is 0 Å². The van der Waals surface area contributed by atoms with Crippen molar-refractivity contribution in [1.29, 1.82) is 0 Å². The zero-order valence-corrected chi connectivity index (χ0v) is 27.1. The molecule has 2 fully saturated rings. The fourth-order valence-corrected chi connectivity index (χ4v) is 6.34. The Morgan fingerprint density at radius 2 is 1.67 bits per heavy atom. The number of carbonyl (C=O) groups is 2. The Hall–Kier alpha value is -3.86. The summed E-state index contributed by atoms with van der Waals surface area (Å²) >= 11 is 12.2. The van der Waals surface area contributed by atoms with Gasteiger partial charge in [0.25, 0.3) is 0 Å². The first kappa shape index (κ1) is 35.4. The summed E-state index contributed by atoms with van der Waals surface area (Å²) in [6.07, 6.45) is -8.52. The number of amides is 2. The van der Waals surface area contributed by atoms with Gasteiger partial charge in [0.1, 0.15) is 22.6 Å². The van der Waals surface area contributed by atoms with Gasteiger partial charge in [-0.05, 0) is 39.7 Å². The lowest BCUT2D eigenvalue weighted by Gasteiger charge is -2.42. The molecule has 2 aliphatic heterocycles. The SMILES string of the molecule is CC(=O)Nc1cc(Cl)c(C(F)(F)F)c(-c2ncc3c(N4CC5CCC(C4)N5C(=O)OC(C)(C)C)nc(OCC(F)(F)F)nc3c2F)c1Cl. The van der Waals surface area contributed by atoms with Crippen molar-refractivity contribution < 1.29 is 49.8 Å². The first-order valence-electron chi connectivity index (χ1n) is 14.3. The zero-order chi connectivity index (χ0) is 35.5. The smallest absolute Gasteiger partial charge is 0.422 e. The molecule has 10 nitrogen and oxygen atoms in total. The molecule has 1 N–H and O–H groups in total. The van der Waals surface area contributed by atoms with Crippen LogP contribution in [0.1, 0.15) is 46.1 Å². The van der Waals surface area contributed by atoms with E-state index in [1.807, 2.05) is 0 Å². The Kier molecular flexibility index (Phi) is 9.27. The van der Waals surface area contributed by atoms with E-state index in [0.717, 1.165) is 19.2 Å². The van der Waals surface area contributed by atoms with E-state index in [1.165, 1.54) is 0 Å². The van der Waals surface area contributed by atoms with Crippen LogP contribution >= 0.6 is 23.2 Å². The van der Waals surface area contributed by atoms with Gasteiger partial charge in [0, 0.05) is 31.8 Å². The van der Waals surface area contributed by atoms with E-state index < -0.39 is 92.9 Å². The second-order valence-electron chi connectivity index (χ2n) is 12.2. The van der Waals surface area contributed by atoms with E-state index in [2.05, 4.69) is 20.3 Å². The summed E-state index contributed by atoms with van der Waals surface area (Å²) in [5.74, 6) is -2.36. The maximum atomic E-state index is 16.4. The summed E-state index contributed by atoms with van der Waals surface area (Å²) in [6, 6.07) is -0.996. The number of nitrogens with zero attached hydrogens (tertiary/aromatic N) is 5. The van der Waals surface area contributed by atoms with Gasteiger partial charge in [0.2, 0.25) is 5.91 Å². The standard InChI is InChI=1S/C29H27Cl2F7N6O4/c1-12(45)40-17-7-16(30)19(29(36,37)38)18(20(17)31)23-21(32)22-15(8-39-23)24(42-25(41-22)47-11-28(33,34)35)43-9-13-5-6-14(10-43)44(13)26(46)48-27(2,3)4/h7-8,13-14H,5-6,9-11H2,1-4H3,(H,40,45). The molecule has 4 heterocycles. The van der Waals surface area contributed by atoms with Crippen molar-refractivity contribution in [1.82, 2.24) is 19.9 Å². The van der Waals surface area contributed by atoms with Gasteiger partial charge >= 0.3 is 24.5 Å². The molecule has 2 saturated heterocycles. The lowest BCUT2D eigenvalue weighted by atomic mass is 10.0. The first-order valence-corrected chi connectivity index (χ1v) is 15.1. The van der Waals surface area contributed by atoms with Crippen LogP contribution in [0.4, 0.5) is 47.0 Å². The van der Waals surface area contributed by atoms with Gasteiger partial charge in [-0.15, -0.1) is 0 Å². The Morgan fingerprint density at radius 3 is 2.21 bits per heavy atom. The average molecular weight is 727 g/mol. The lowest BCUT2D eigenvalue weighted by molar-refractivity contribution is -0.154.